The summed E-state index contributed by atoms with van der Waals surface area (Å²) in [5.74, 6) is 2.19. The van der Waals surface area contributed by atoms with Crippen LogP contribution in [0.4, 0.5) is 0 Å². The molecule has 0 N–H and O–H groups in total. The minimum Gasteiger partial charge on any atom is -0.493 e. The van der Waals surface area contributed by atoms with Crippen molar-refractivity contribution >= 4 is 5.57 Å². The molecule has 0 aliphatic carbocycles. The summed E-state index contributed by atoms with van der Waals surface area (Å²) in [6, 6.07) is 14.1. The maximum atomic E-state index is 6.31. The van der Waals surface area contributed by atoms with E-state index in [0.29, 0.717) is 11.5 Å². The number of methoxy groups -OCH3 is 2. The fraction of sp³-hybridized carbons (Fsp3) is 0.263. The van der Waals surface area contributed by atoms with Gasteiger partial charge in [0.1, 0.15) is 11.4 Å². The van der Waals surface area contributed by atoms with E-state index in [2.05, 4.69) is 32.1 Å². The average Bonchev–Trinajstić information content (AvgIpc) is 2.54. The SMILES string of the molecule is COc1cc2c(cc1OC)C(C)=CC(C)(c1ccccc1)O2. The molecule has 0 spiro atoms. The Morgan fingerprint density at radius 3 is 2.23 bits per heavy atom. The standard InChI is InChI=1S/C19H20O3/c1-13-12-19(2,14-8-6-5-7-9-14)22-16-11-18(21-4)17(20-3)10-15(13)16/h5-12H,1-4H3. The zero-order valence-corrected chi connectivity index (χ0v) is 13.3. The highest BCUT2D eigenvalue weighted by Crippen LogP contribution is 2.45. The third kappa shape index (κ3) is 2.33. The summed E-state index contributed by atoms with van der Waals surface area (Å²) in [4.78, 5) is 0. The van der Waals surface area contributed by atoms with Gasteiger partial charge in [0.15, 0.2) is 11.5 Å². The van der Waals surface area contributed by atoms with Crippen molar-refractivity contribution in [2.75, 3.05) is 14.2 Å². The second-order valence-corrected chi connectivity index (χ2v) is 5.61. The lowest BCUT2D eigenvalue weighted by Crippen LogP contribution is -2.30. The first kappa shape index (κ1) is 14.5. The van der Waals surface area contributed by atoms with Crippen molar-refractivity contribution in [2.45, 2.75) is 19.4 Å². The molecule has 114 valence electrons. The van der Waals surface area contributed by atoms with Crippen molar-refractivity contribution in [3.8, 4) is 17.2 Å². The normalized spacial score (nSPS) is 19.7. The Kier molecular flexibility index (Phi) is 3.57. The lowest BCUT2D eigenvalue weighted by Gasteiger charge is -2.34. The maximum Gasteiger partial charge on any atom is 0.164 e. The van der Waals surface area contributed by atoms with Gasteiger partial charge in [0.05, 0.1) is 14.2 Å². The summed E-state index contributed by atoms with van der Waals surface area (Å²) < 4.78 is 17.1. The monoisotopic (exact) mass is 296 g/mol. The molecule has 22 heavy (non-hydrogen) atoms. The Hall–Kier alpha value is -2.42. The number of allylic oxidation sites excluding steroid dienone is 1. The summed E-state index contributed by atoms with van der Waals surface area (Å²) in [5.41, 5.74) is 2.83. The third-order valence-electron chi connectivity index (χ3n) is 4.07. The molecule has 0 amide bonds. The second-order valence-electron chi connectivity index (χ2n) is 5.61. The first-order chi connectivity index (χ1) is 10.6. The van der Waals surface area contributed by atoms with Crippen LogP contribution in [-0.2, 0) is 5.60 Å². The van der Waals surface area contributed by atoms with Gasteiger partial charge in [0, 0.05) is 11.6 Å². The third-order valence-corrected chi connectivity index (χ3v) is 4.07. The van der Waals surface area contributed by atoms with Crippen molar-refractivity contribution in [3.63, 3.8) is 0 Å². The van der Waals surface area contributed by atoms with Gasteiger partial charge in [-0.1, -0.05) is 30.3 Å². The zero-order chi connectivity index (χ0) is 15.7. The van der Waals surface area contributed by atoms with Gasteiger partial charge < -0.3 is 14.2 Å². The quantitative estimate of drug-likeness (QED) is 0.839. The summed E-state index contributed by atoms with van der Waals surface area (Å²) in [6.45, 7) is 4.17. The Balaban J connectivity index is 2.11. The van der Waals surface area contributed by atoms with E-state index in [-0.39, 0.29) is 0 Å². The Morgan fingerprint density at radius 1 is 0.955 bits per heavy atom. The van der Waals surface area contributed by atoms with Crippen LogP contribution in [-0.4, -0.2) is 14.2 Å². The molecule has 2 aromatic rings. The van der Waals surface area contributed by atoms with Gasteiger partial charge in [-0.2, -0.15) is 0 Å². The molecule has 0 aromatic heterocycles. The van der Waals surface area contributed by atoms with E-state index in [1.807, 2.05) is 30.3 Å². The lowest BCUT2D eigenvalue weighted by molar-refractivity contribution is 0.136. The van der Waals surface area contributed by atoms with Crippen LogP contribution in [0.25, 0.3) is 5.57 Å². The van der Waals surface area contributed by atoms with Crippen LogP contribution in [0.15, 0.2) is 48.5 Å². The molecular weight excluding hydrogens is 276 g/mol. The van der Waals surface area contributed by atoms with E-state index in [1.165, 1.54) is 0 Å². The molecule has 3 nitrogen and oxygen atoms in total. The highest BCUT2D eigenvalue weighted by Gasteiger charge is 2.32. The molecule has 1 unspecified atom stereocenters. The zero-order valence-electron chi connectivity index (χ0n) is 13.3. The van der Waals surface area contributed by atoms with E-state index in [9.17, 15) is 0 Å². The van der Waals surface area contributed by atoms with Gasteiger partial charge in [-0.25, -0.2) is 0 Å². The van der Waals surface area contributed by atoms with Crippen molar-refractivity contribution in [1.82, 2.24) is 0 Å². The molecule has 1 heterocycles. The number of hydrogen-bond acceptors (Lipinski definition) is 3. The summed E-state index contributed by atoms with van der Waals surface area (Å²) in [7, 11) is 3.27. The summed E-state index contributed by atoms with van der Waals surface area (Å²) in [6.07, 6.45) is 2.15. The number of ether oxygens (including phenoxy) is 3. The predicted octanol–water partition coefficient (Wildman–Crippen LogP) is 4.41. The van der Waals surface area contributed by atoms with E-state index in [0.717, 1.165) is 22.4 Å². The average molecular weight is 296 g/mol. The fourth-order valence-corrected chi connectivity index (χ4v) is 2.91. The molecule has 0 fully saturated rings. The van der Waals surface area contributed by atoms with Gasteiger partial charge in [-0.15, -0.1) is 0 Å². The van der Waals surface area contributed by atoms with E-state index >= 15 is 0 Å². The van der Waals surface area contributed by atoms with Gasteiger partial charge in [-0.05, 0) is 37.1 Å². The molecule has 0 saturated heterocycles. The maximum absolute atomic E-state index is 6.31. The molecule has 0 saturated carbocycles. The van der Waals surface area contributed by atoms with Crippen LogP contribution < -0.4 is 14.2 Å². The molecule has 1 aliphatic heterocycles. The Bertz CT molecular complexity index is 719. The Morgan fingerprint density at radius 2 is 1.59 bits per heavy atom. The van der Waals surface area contributed by atoms with Crippen LogP contribution in [0.2, 0.25) is 0 Å². The molecule has 0 radical (unpaired) electrons. The fourth-order valence-electron chi connectivity index (χ4n) is 2.91. The molecule has 3 heteroatoms. The van der Waals surface area contributed by atoms with Crippen molar-refractivity contribution in [3.05, 3.63) is 59.7 Å². The van der Waals surface area contributed by atoms with Gasteiger partial charge >= 0.3 is 0 Å². The number of rotatable bonds is 3. The highest BCUT2D eigenvalue weighted by atomic mass is 16.5. The minimum atomic E-state index is -0.488. The van der Waals surface area contributed by atoms with E-state index < -0.39 is 5.60 Å². The molecule has 0 bridgehead atoms. The molecular formula is C19H20O3. The van der Waals surface area contributed by atoms with Gasteiger partial charge in [0.2, 0.25) is 0 Å². The molecule has 2 aromatic carbocycles. The van der Waals surface area contributed by atoms with Crippen LogP contribution in [0.1, 0.15) is 25.0 Å². The minimum absolute atomic E-state index is 0.488. The van der Waals surface area contributed by atoms with Gasteiger partial charge in [-0.3, -0.25) is 0 Å². The van der Waals surface area contributed by atoms with Crippen LogP contribution in [0, 0.1) is 0 Å². The molecule has 3 rings (SSSR count). The molecule has 1 atom stereocenters. The van der Waals surface area contributed by atoms with Crippen molar-refractivity contribution in [1.29, 1.82) is 0 Å². The van der Waals surface area contributed by atoms with Crippen molar-refractivity contribution < 1.29 is 14.2 Å². The predicted molar refractivity (Wildman–Crippen MR) is 87.6 cm³/mol. The largest absolute Gasteiger partial charge is 0.493 e. The van der Waals surface area contributed by atoms with E-state index in [4.69, 9.17) is 14.2 Å². The second kappa shape index (κ2) is 5.41. The topological polar surface area (TPSA) is 27.7 Å². The summed E-state index contributed by atoms with van der Waals surface area (Å²) in [5, 5.41) is 0. The first-order valence-corrected chi connectivity index (χ1v) is 7.28. The van der Waals surface area contributed by atoms with Crippen LogP contribution in [0.3, 0.4) is 0 Å². The van der Waals surface area contributed by atoms with Gasteiger partial charge in [0.25, 0.3) is 0 Å². The Labute approximate surface area is 131 Å². The first-order valence-electron chi connectivity index (χ1n) is 7.28. The van der Waals surface area contributed by atoms with Crippen LogP contribution >= 0.6 is 0 Å². The highest BCUT2D eigenvalue weighted by molar-refractivity contribution is 5.75. The smallest absolute Gasteiger partial charge is 0.164 e. The number of hydrogen-bond donors (Lipinski definition) is 0. The number of fused-ring (bicyclic) bond motifs is 1. The van der Waals surface area contributed by atoms with Crippen LogP contribution in [0.5, 0.6) is 17.2 Å². The number of benzene rings is 2. The van der Waals surface area contributed by atoms with Crippen molar-refractivity contribution in [2.24, 2.45) is 0 Å². The van der Waals surface area contributed by atoms with E-state index in [1.54, 1.807) is 14.2 Å². The summed E-state index contributed by atoms with van der Waals surface area (Å²) >= 11 is 0. The molecule has 1 aliphatic rings. The lowest BCUT2D eigenvalue weighted by atomic mass is 9.88.